The molecule has 0 N–H and O–H groups in total. The van der Waals surface area contributed by atoms with Gasteiger partial charge in [-0.15, -0.1) is 0 Å². The van der Waals surface area contributed by atoms with Crippen molar-refractivity contribution < 1.29 is 0 Å². The van der Waals surface area contributed by atoms with Crippen LogP contribution in [-0.4, -0.2) is 4.98 Å². The fraction of sp³-hybridized carbons (Fsp3) is 0.848. The highest BCUT2D eigenvalue weighted by Gasteiger charge is 2.04. The monoisotopic (exact) mass is 471 g/mol. The van der Waals surface area contributed by atoms with Gasteiger partial charge in [0.1, 0.15) is 0 Å². The van der Waals surface area contributed by atoms with Crippen LogP contribution in [0.25, 0.3) is 0 Å². The van der Waals surface area contributed by atoms with Crippen molar-refractivity contribution in [3.8, 4) is 0 Å². The van der Waals surface area contributed by atoms with Crippen molar-refractivity contribution in [3.63, 3.8) is 0 Å². The summed E-state index contributed by atoms with van der Waals surface area (Å²) in [5.74, 6) is 0. The first-order chi connectivity index (χ1) is 16.9. The van der Waals surface area contributed by atoms with Gasteiger partial charge in [0.15, 0.2) is 0 Å². The number of nitrogens with zero attached hydrogens (tertiary/aromatic N) is 1. The van der Waals surface area contributed by atoms with E-state index in [0.29, 0.717) is 0 Å². The topological polar surface area (TPSA) is 12.9 Å². The molecule has 1 aromatic rings. The van der Waals surface area contributed by atoms with Gasteiger partial charge in [0.2, 0.25) is 0 Å². The molecule has 0 saturated carbocycles. The minimum Gasteiger partial charge on any atom is -0.261 e. The Labute approximate surface area is 215 Å². The van der Waals surface area contributed by atoms with Crippen LogP contribution < -0.4 is 0 Å². The summed E-state index contributed by atoms with van der Waals surface area (Å²) in [6.45, 7) is 4.60. The smallest absolute Gasteiger partial charge is 0.0435 e. The maximum atomic E-state index is 4.74. The second kappa shape index (κ2) is 25.2. The Kier molecular flexibility index (Phi) is 23.2. The third-order valence-electron chi connectivity index (χ3n) is 7.55. The number of hydrogen-bond donors (Lipinski definition) is 0. The quantitative estimate of drug-likeness (QED) is 0.122. The van der Waals surface area contributed by atoms with Crippen molar-refractivity contribution in [2.45, 2.75) is 181 Å². The van der Waals surface area contributed by atoms with Gasteiger partial charge < -0.3 is 0 Å². The molecule has 0 atom stereocenters. The standard InChI is InChI=1S/C33H61N/c1-3-5-7-9-11-13-15-17-19-21-23-25-28-32-29-27-31-34-33(32)30-26-24-22-20-18-16-14-12-10-8-6-4-2/h27,29,31H,3-26,28,30H2,1-2H3. The normalized spacial score (nSPS) is 11.4. The van der Waals surface area contributed by atoms with Crippen molar-refractivity contribution in [3.05, 3.63) is 29.6 Å². The molecule has 1 rings (SSSR count). The van der Waals surface area contributed by atoms with E-state index < -0.39 is 0 Å². The number of aryl methyl sites for hydroxylation is 2. The summed E-state index contributed by atoms with van der Waals surface area (Å²) in [4.78, 5) is 4.74. The zero-order valence-corrected chi connectivity index (χ0v) is 23.6. The molecule has 0 fully saturated rings. The summed E-state index contributed by atoms with van der Waals surface area (Å²) in [5, 5.41) is 0. The molecule has 1 aromatic heterocycles. The van der Waals surface area contributed by atoms with E-state index in [0.717, 1.165) is 0 Å². The molecule has 1 heteroatoms. The minimum atomic E-state index is 1.19. The van der Waals surface area contributed by atoms with E-state index in [9.17, 15) is 0 Å². The lowest BCUT2D eigenvalue weighted by Gasteiger charge is -2.09. The Bertz CT molecular complexity index is 476. The van der Waals surface area contributed by atoms with E-state index in [1.807, 2.05) is 6.20 Å². The fourth-order valence-electron chi connectivity index (χ4n) is 5.21. The lowest BCUT2D eigenvalue weighted by molar-refractivity contribution is 0.541. The predicted octanol–water partition coefficient (Wildman–Crippen LogP) is 11.6. The molecule has 0 unspecified atom stereocenters. The van der Waals surface area contributed by atoms with Crippen LogP contribution in [-0.2, 0) is 12.8 Å². The van der Waals surface area contributed by atoms with Gasteiger partial charge in [-0.05, 0) is 37.3 Å². The van der Waals surface area contributed by atoms with Gasteiger partial charge >= 0.3 is 0 Å². The summed E-state index contributed by atoms with van der Waals surface area (Å²) in [6, 6.07) is 4.48. The largest absolute Gasteiger partial charge is 0.261 e. The minimum absolute atomic E-state index is 1.19. The van der Waals surface area contributed by atoms with Gasteiger partial charge in [-0.3, -0.25) is 4.98 Å². The second-order valence-electron chi connectivity index (χ2n) is 10.9. The van der Waals surface area contributed by atoms with E-state index in [4.69, 9.17) is 4.98 Å². The van der Waals surface area contributed by atoms with Crippen molar-refractivity contribution in [1.82, 2.24) is 4.98 Å². The number of aromatic nitrogens is 1. The van der Waals surface area contributed by atoms with E-state index in [1.54, 1.807) is 0 Å². The van der Waals surface area contributed by atoms with Crippen LogP contribution >= 0.6 is 0 Å². The van der Waals surface area contributed by atoms with Gasteiger partial charge in [-0.2, -0.15) is 0 Å². The second-order valence-corrected chi connectivity index (χ2v) is 10.9. The lowest BCUT2D eigenvalue weighted by atomic mass is 10.00. The third kappa shape index (κ3) is 19.5. The van der Waals surface area contributed by atoms with Crippen LogP contribution in [0, 0.1) is 0 Å². The molecule has 1 nitrogen and oxygen atoms in total. The van der Waals surface area contributed by atoms with E-state index in [2.05, 4.69) is 26.0 Å². The zero-order chi connectivity index (χ0) is 24.4. The molecule has 0 aliphatic rings. The van der Waals surface area contributed by atoms with Crippen LogP contribution in [0.15, 0.2) is 18.3 Å². The summed E-state index contributed by atoms with van der Waals surface area (Å²) >= 11 is 0. The Balaban J connectivity index is 1.96. The number of hydrogen-bond acceptors (Lipinski definition) is 1. The average Bonchev–Trinajstić information content (AvgIpc) is 2.86. The summed E-state index contributed by atoms with van der Waals surface area (Å²) in [5.41, 5.74) is 2.91. The Morgan fingerprint density at radius 1 is 0.441 bits per heavy atom. The average molecular weight is 472 g/mol. The lowest BCUT2D eigenvalue weighted by Crippen LogP contribution is -1.98. The number of rotatable bonds is 26. The van der Waals surface area contributed by atoms with Crippen LogP contribution in [0.4, 0.5) is 0 Å². The van der Waals surface area contributed by atoms with Gasteiger partial charge in [-0.1, -0.05) is 161 Å². The van der Waals surface area contributed by atoms with Crippen LogP contribution in [0.5, 0.6) is 0 Å². The third-order valence-corrected chi connectivity index (χ3v) is 7.55. The number of unbranched alkanes of at least 4 members (excludes halogenated alkanes) is 22. The molecule has 0 saturated heterocycles. The van der Waals surface area contributed by atoms with E-state index in [-0.39, 0.29) is 0 Å². The molecule has 0 aliphatic heterocycles. The molecule has 0 aliphatic carbocycles. The van der Waals surface area contributed by atoms with E-state index >= 15 is 0 Å². The van der Waals surface area contributed by atoms with Gasteiger partial charge in [0.25, 0.3) is 0 Å². The van der Waals surface area contributed by atoms with Crippen molar-refractivity contribution in [1.29, 1.82) is 0 Å². The fourth-order valence-corrected chi connectivity index (χ4v) is 5.21. The maximum absolute atomic E-state index is 4.74. The molecular weight excluding hydrogens is 410 g/mol. The molecule has 0 amide bonds. The summed E-state index contributed by atoms with van der Waals surface area (Å²) < 4.78 is 0. The number of pyridine rings is 1. The first-order valence-corrected chi connectivity index (χ1v) is 15.8. The van der Waals surface area contributed by atoms with Crippen molar-refractivity contribution in [2.75, 3.05) is 0 Å². The zero-order valence-electron chi connectivity index (χ0n) is 23.6. The van der Waals surface area contributed by atoms with Gasteiger partial charge in [0, 0.05) is 11.9 Å². The Morgan fingerprint density at radius 2 is 0.794 bits per heavy atom. The molecule has 198 valence electrons. The van der Waals surface area contributed by atoms with Crippen LogP contribution in [0.3, 0.4) is 0 Å². The predicted molar refractivity (Wildman–Crippen MR) is 154 cm³/mol. The first kappa shape index (κ1) is 31.2. The Hall–Kier alpha value is -0.850. The molecule has 0 radical (unpaired) electrons. The highest BCUT2D eigenvalue weighted by Crippen LogP contribution is 2.17. The summed E-state index contributed by atoms with van der Waals surface area (Å²) in [6.07, 6.45) is 38.6. The van der Waals surface area contributed by atoms with Crippen molar-refractivity contribution in [2.24, 2.45) is 0 Å². The molecular formula is C33H61N. The molecule has 1 heterocycles. The first-order valence-electron chi connectivity index (χ1n) is 15.8. The molecule has 0 spiro atoms. The van der Waals surface area contributed by atoms with Crippen LogP contribution in [0.1, 0.15) is 179 Å². The molecule has 0 bridgehead atoms. The SMILES string of the molecule is CCCCCCCCCCCCCCc1cccnc1CCCCCCCCCCCCCC. The highest BCUT2D eigenvalue weighted by atomic mass is 14.7. The summed E-state index contributed by atoms with van der Waals surface area (Å²) in [7, 11) is 0. The van der Waals surface area contributed by atoms with Gasteiger partial charge in [-0.25, -0.2) is 0 Å². The highest BCUT2D eigenvalue weighted by molar-refractivity contribution is 5.20. The van der Waals surface area contributed by atoms with Crippen LogP contribution in [0.2, 0.25) is 0 Å². The molecule has 34 heavy (non-hydrogen) atoms. The maximum Gasteiger partial charge on any atom is 0.0435 e. The van der Waals surface area contributed by atoms with E-state index in [1.165, 1.54) is 178 Å². The van der Waals surface area contributed by atoms with Gasteiger partial charge in [0.05, 0.1) is 0 Å². The molecule has 0 aromatic carbocycles. The van der Waals surface area contributed by atoms with Crippen molar-refractivity contribution >= 4 is 0 Å². The Morgan fingerprint density at radius 3 is 1.21 bits per heavy atom.